The normalized spacial score (nSPS) is 13.5. The summed E-state index contributed by atoms with van der Waals surface area (Å²) in [6.07, 6.45) is 6.96. The molecule has 32 heavy (non-hydrogen) atoms. The van der Waals surface area contributed by atoms with Crippen LogP contribution in [0.4, 0.5) is 15.8 Å². The number of nitrogens with one attached hydrogen (secondary N) is 2. The van der Waals surface area contributed by atoms with Crippen molar-refractivity contribution >= 4 is 39.9 Å². The smallest absolute Gasteiger partial charge is 0.277 e. The van der Waals surface area contributed by atoms with Gasteiger partial charge in [0.05, 0.1) is 29.7 Å². The number of amides is 1. The van der Waals surface area contributed by atoms with Crippen molar-refractivity contribution in [3.8, 4) is 0 Å². The maximum absolute atomic E-state index is 15.7. The van der Waals surface area contributed by atoms with Crippen molar-refractivity contribution in [1.29, 1.82) is 0 Å². The lowest BCUT2D eigenvalue weighted by Gasteiger charge is -2.16. The van der Waals surface area contributed by atoms with E-state index in [9.17, 15) is 4.79 Å². The molecule has 1 amide bonds. The van der Waals surface area contributed by atoms with Crippen LogP contribution >= 0.6 is 11.6 Å². The second kappa shape index (κ2) is 9.88. The Kier molecular flexibility index (Phi) is 6.96. The van der Waals surface area contributed by atoms with Gasteiger partial charge in [-0.2, -0.15) is 0 Å². The predicted octanol–water partition coefficient (Wildman–Crippen LogP) is 6.14. The molecular weight excluding hydrogens is 431 g/mol. The van der Waals surface area contributed by atoms with Crippen LogP contribution in [0.1, 0.15) is 54.9 Å². The molecule has 2 N–H and O–H groups in total. The van der Waals surface area contributed by atoms with Gasteiger partial charge in [-0.05, 0) is 61.9 Å². The minimum absolute atomic E-state index is 0.0641. The summed E-state index contributed by atoms with van der Waals surface area (Å²) in [6.45, 7) is 5.18. The van der Waals surface area contributed by atoms with Gasteiger partial charge in [-0.3, -0.25) is 9.63 Å². The number of imidazole rings is 1. The number of anilines is 2. The Labute approximate surface area is 192 Å². The van der Waals surface area contributed by atoms with Gasteiger partial charge in [-0.1, -0.05) is 31.4 Å². The summed E-state index contributed by atoms with van der Waals surface area (Å²) in [7, 11) is 0. The number of rotatable bonds is 10. The molecule has 0 unspecified atom stereocenters. The fraction of sp³-hybridized carbons (Fsp3) is 0.417. The van der Waals surface area contributed by atoms with Gasteiger partial charge in [0.2, 0.25) is 0 Å². The lowest BCUT2D eigenvalue weighted by atomic mass is 10.1. The average Bonchev–Trinajstić information content (AvgIpc) is 3.50. The van der Waals surface area contributed by atoms with Crippen molar-refractivity contribution < 1.29 is 14.0 Å². The highest BCUT2D eigenvalue weighted by atomic mass is 35.5. The molecule has 1 saturated carbocycles. The first-order chi connectivity index (χ1) is 15.5. The van der Waals surface area contributed by atoms with Crippen LogP contribution in [0.25, 0.3) is 11.0 Å². The molecule has 8 heteroatoms. The molecule has 0 saturated heterocycles. The van der Waals surface area contributed by atoms with Crippen LogP contribution in [-0.2, 0) is 11.4 Å². The Bertz CT molecular complexity index is 1130. The van der Waals surface area contributed by atoms with Crippen LogP contribution in [0.5, 0.6) is 0 Å². The number of halogens is 2. The number of hydroxylamine groups is 1. The number of hydrogen-bond donors (Lipinski definition) is 2. The van der Waals surface area contributed by atoms with Crippen LogP contribution < -0.4 is 10.8 Å². The monoisotopic (exact) mass is 458 g/mol. The Hall–Kier alpha value is -2.64. The highest BCUT2D eigenvalue weighted by Gasteiger charge is 2.25. The third kappa shape index (κ3) is 5.05. The van der Waals surface area contributed by atoms with Gasteiger partial charge in [-0.15, -0.1) is 0 Å². The van der Waals surface area contributed by atoms with Crippen molar-refractivity contribution in [2.24, 2.45) is 5.92 Å². The number of fused-ring (bicyclic) bond motifs is 1. The largest absolute Gasteiger partial charge is 0.352 e. The molecule has 6 nitrogen and oxygen atoms in total. The zero-order valence-electron chi connectivity index (χ0n) is 18.4. The highest BCUT2D eigenvalue weighted by molar-refractivity contribution is 6.30. The van der Waals surface area contributed by atoms with Crippen LogP contribution in [0.2, 0.25) is 5.02 Å². The molecule has 4 rings (SSSR count). The summed E-state index contributed by atoms with van der Waals surface area (Å²) in [5.74, 6) is -0.580. The second-order valence-electron chi connectivity index (χ2n) is 8.40. The summed E-state index contributed by atoms with van der Waals surface area (Å²) in [4.78, 5) is 22.7. The molecule has 0 aliphatic heterocycles. The number of unbranched alkanes of at least 4 members (excludes halogenated alkanes) is 2. The third-order valence-corrected chi connectivity index (χ3v) is 5.97. The van der Waals surface area contributed by atoms with Gasteiger partial charge in [0.1, 0.15) is 5.52 Å². The van der Waals surface area contributed by atoms with Gasteiger partial charge >= 0.3 is 0 Å². The molecule has 3 aromatic rings. The Morgan fingerprint density at radius 1 is 1.31 bits per heavy atom. The predicted molar refractivity (Wildman–Crippen MR) is 125 cm³/mol. The zero-order chi connectivity index (χ0) is 22.7. The van der Waals surface area contributed by atoms with Crippen LogP contribution in [-0.4, -0.2) is 22.1 Å². The fourth-order valence-electron chi connectivity index (χ4n) is 3.64. The SMILES string of the molecule is CCCCCn1cnc2c(F)c(Nc3ccc(Cl)cc3C)c(C(=O)NOCC3CC3)cc21. The quantitative estimate of drug-likeness (QED) is 0.283. The van der Waals surface area contributed by atoms with Gasteiger partial charge in [0, 0.05) is 17.3 Å². The molecule has 2 aromatic carbocycles. The molecule has 0 radical (unpaired) electrons. The minimum atomic E-state index is -0.571. The Morgan fingerprint density at radius 3 is 2.84 bits per heavy atom. The van der Waals surface area contributed by atoms with Crippen molar-refractivity contribution in [3.63, 3.8) is 0 Å². The van der Waals surface area contributed by atoms with Crippen molar-refractivity contribution in [1.82, 2.24) is 15.0 Å². The maximum Gasteiger partial charge on any atom is 0.277 e. The Morgan fingerprint density at radius 2 is 2.12 bits per heavy atom. The van der Waals surface area contributed by atoms with E-state index in [0.717, 1.165) is 37.7 Å². The van der Waals surface area contributed by atoms with Crippen molar-refractivity contribution in [2.45, 2.75) is 52.5 Å². The first-order valence-corrected chi connectivity index (χ1v) is 11.5. The van der Waals surface area contributed by atoms with E-state index in [1.807, 2.05) is 11.5 Å². The average molecular weight is 459 g/mol. The second-order valence-corrected chi connectivity index (χ2v) is 8.83. The fourth-order valence-corrected chi connectivity index (χ4v) is 3.86. The molecule has 1 aliphatic carbocycles. The van der Waals surface area contributed by atoms with E-state index in [4.69, 9.17) is 16.4 Å². The molecular formula is C24H28ClFN4O2. The number of nitrogens with zero attached hydrogens (tertiary/aromatic N) is 2. The van der Waals surface area contributed by atoms with Crippen molar-refractivity contribution in [3.05, 3.63) is 52.6 Å². The van der Waals surface area contributed by atoms with E-state index < -0.39 is 11.7 Å². The number of aryl methyl sites for hydroxylation is 2. The zero-order valence-corrected chi connectivity index (χ0v) is 19.1. The standard InChI is InChI=1S/C24H28ClFN4O2/c1-3-4-5-10-30-14-27-23-20(30)12-18(24(31)29-32-13-16-6-7-16)22(21(23)26)28-19-9-8-17(25)11-15(19)2/h8-9,11-12,14,16,28H,3-7,10,13H2,1-2H3,(H,29,31). The maximum atomic E-state index is 15.7. The number of carbonyl (C=O) groups excluding carboxylic acids is 1. The van der Waals surface area contributed by atoms with E-state index >= 15 is 4.39 Å². The first kappa shape index (κ1) is 22.6. The number of hydrogen-bond acceptors (Lipinski definition) is 4. The molecule has 0 atom stereocenters. The topological polar surface area (TPSA) is 68.2 Å². The van der Waals surface area contributed by atoms with Gasteiger partial charge in [0.15, 0.2) is 5.82 Å². The van der Waals surface area contributed by atoms with Crippen LogP contribution in [0.3, 0.4) is 0 Å². The van der Waals surface area contributed by atoms with E-state index in [1.54, 1.807) is 30.6 Å². The third-order valence-electron chi connectivity index (χ3n) is 5.73. The summed E-state index contributed by atoms with van der Waals surface area (Å²) in [5.41, 5.74) is 5.01. The molecule has 1 heterocycles. The summed E-state index contributed by atoms with van der Waals surface area (Å²) >= 11 is 6.06. The summed E-state index contributed by atoms with van der Waals surface area (Å²) in [5, 5.41) is 3.67. The number of benzene rings is 2. The van der Waals surface area contributed by atoms with Gasteiger partial charge in [-0.25, -0.2) is 14.9 Å². The molecule has 0 spiro atoms. The van der Waals surface area contributed by atoms with Crippen molar-refractivity contribution in [2.75, 3.05) is 11.9 Å². The van der Waals surface area contributed by atoms with Gasteiger partial charge < -0.3 is 9.88 Å². The van der Waals surface area contributed by atoms with Crippen LogP contribution in [0, 0.1) is 18.7 Å². The van der Waals surface area contributed by atoms with E-state index in [1.165, 1.54) is 0 Å². The van der Waals surface area contributed by atoms with Gasteiger partial charge in [0.25, 0.3) is 5.91 Å². The molecule has 1 aliphatic rings. The number of aromatic nitrogens is 2. The van der Waals surface area contributed by atoms with Crippen LogP contribution in [0.15, 0.2) is 30.6 Å². The Balaban J connectivity index is 1.71. The molecule has 1 aromatic heterocycles. The molecule has 1 fully saturated rings. The molecule has 170 valence electrons. The summed E-state index contributed by atoms with van der Waals surface area (Å²) in [6, 6.07) is 6.94. The lowest BCUT2D eigenvalue weighted by molar-refractivity contribution is 0.0271. The highest BCUT2D eigenvalue weighted by Crippen LogP contribution is 2.33. The molecule has 0 bridgehead atoms. The minimum Gasteiger partial charge on any atom is -0.352 e. The van der Waals surface area contributed by atoms with E-state index in [2.05, 4.69) is 22.7 Å². The summed E-state index contributed by atoms with van der Waals surface area (Å²) < 4.78 is 17.6. The lowest BCUT2D eigenvalue weighted by Crippen LogP contribution is -2.26. The van der Waals surface area contributed by atoms with E-state index in [-0.39, 0.29) is 16.8 Å². The van der Waals surface area contributed by atoms with E-state index in [0.29, 0.717) is 35.3 Å². The number of carbonyl (C=O) groups is 1. The first-order valence-electron chi connectivity index (χ1n) is 11.1.